The Kier molecular flexibility index (Phi) is 5.23. The van der Waals surface area contributed by atoms with Gasteiger partial charge >= 0.3 is 6.03 Å². The van der Waals surface area contributed by atoms with E-state index in [0.29, 0.717) is 19.5 Å². The number of likely N-dealkylation sites (tertiary alicyclic amines) is 1. The molecule has 2 heterocycles. The fraction of sp³-hybridized carbons (Fsp3) is 0.556. The third-order valence-corrected chi connectivity index (χ3v) is 4.83. The van der Waals surface area contributed by atoms with Crippen LogP contribution < -0.4 is 15.4 Å². The molecule has 0 bridgehead atoms. The molecule has 6 nitrogen and oxygen atoms in total. The molecule has 2 aliphatic heterocycles. The molecule has 2 saturated heterocycles. The molecule has 130 valence electrons. The first-order valence-electron chi connectivity index (χ1n) is 8.68. The summed E-state index contributed by atoms with van der Waals surface area (Å²) in [5, 5.41) is 5.78. The Labute approximate surface area is 142 Å². The van der Waals surface area contributed by atoms with Crippen LogP contribution in [0.2, 0.25) is 0 Å². The van der Waals surface area contributed by atoms with Gasteiger partial charge in [-0.25, -0.2) is 4.79 Å². The molecule has 0 aliphatic carbocycles. The van der Waals surface area contributed by atoms with E-state index in [0.717, 1.165) is 37.0 Å². The topological polar surface area (TPSA) is 70.7 Å². The summed E-state index contributed by atoms with van der Waals surface area (Å²) in [7, 11) is 1.64. The summed E-state index contributed by atoms with van der Waals surface area (Å²) >= 11 is 0. The van der Waals surface area contributed by atoms with Crippen molar-refractivity contribution in [2.45, 2.75) is 44.2 Å². The van der Waals surface area contributed by atoms with Crippen molar-refractivity contribution in [3.8, 4) is 5.75 Å². The molecule has 0 radical (unpaired) electrons. The number of carbonyl (C=O) groups is 2. The molecule has 2 N–H and O–H groups in total. The van der Waals surface area contributed by atoms with Crippen LogP contribution in [0.5, 0.6) is 5.75 Å². The van der Waals surface area contributed by atoms with Crippen LogP contribution in [0.3, 0.4) is 0 Å². The molecule has 0 saturated carbocycles. The van der Waals surface area contributed by atoms with Gasteiger partial charge in [-0.3, -0.25) is 4.79 Å². The second-order valence-corrected chi connectivity index (χ2v) is 6.42. The Bertz CT molecular complexity index is 605. The number of carbonyl (C=O) groups excluding carboxylic acids is 2. The van der Waals surface area contributed by atoms with E-state index in [2.05, 4.69) is 10.6 Å². The van der Waals surface area contributed by atoms with Crippen molar-refractivity contribution in [1.29, 1.82) is 0 Å². The normalized spacial score (nSPS) is 24.2. The number of hydrogen-bond acceptors (Lipinski definition) is 3. The third kappa shape index (κ3) is 3.63. The maximum Gasteiger partial charge on any atom is 0.318 e. The van der Waals surface area contributed by atoms with Crippen LogP contribution in [0.25, 0.3) is 0 Å². The highest BCUT2D eigenvalue weighted by Gasteiger charge is 2.32. The summed E-state index contributed by atoms with van der Waals surface area (Å²) in [5.41, 5.74) is 1.08. The second-order valence-electron chi connectivity index (χ2n) is 6.42. The first kappa shape index (κ1) is 16.6. The standard InChI is InChI=1S/C18H25N3O3/c1-24-14-7-4-6-13(12-14)16-9-5-11-21(16)18(23)20-15-8-2-3-10-19-17(15)22/h4,6-7,12,15-16H,2-3,5,8-11H2,1H3,(H,19,22)(H,20,23)/t15-,16+/m0/s1. The van der Waals surface area contributed by atoms with Crippen LogP contribution in [-0.2, 0) is 4.79 Å². The van der Waals surface area contributed by atoms with Gasteiger partial charge in [-0.2, -0.15) is 0 Å². The van der Waals surface area contributed by atoms with E-state index in [-0.39, 0.29) is 18.0 Å². The zero-order valence-electron chi connectivity index (χ0n) is 14.1. The number of rotatable bonds is 3. The van der Waals surface area contributed by atoms with Gasteiger partial charge in [0.15, 0.2) is 0 Å². The van der Waals surface area contributed by atoms with Gasteiger partial charge in [-0.15, -0.1) is 0 Å². The molecule has 0 unspecified atom stereocenters. The summed E-state index contributed by atoms with van der Waals surface area (Å²) in [4.78, 5) is 26.6. The Morgan fingerprint density at radius 1 is 1.29 bits per heavy atom. The fourth-order valence-electron chi connectivity index (χ4n) is 3.51. The lowest BCUT2D eigenvalue weighted by molar-refractivity contribution is -0.122. The summed E-state index contributed by atoms with van der Waals surface area (Å²) in [6.07, 6.45) is 4.51. The summed E-state index contributed by atoms with van der Waals surface area (Å²) in [5.74, 6) is 0.723. The first-order valence-corrected chi connectivity index (χ1v) is 8.68. The molecule has 2 atom stereocenters. The van der Waals surface area contributed by atoms with Crippen LogP contribution in [0, 0.1) is 0 Å². The van der Waals surface area contributed by atoms with Crippen LogP contribution in [0.1, 0.15) is 43.7 Å². The van der Waals surface area contributed by atoms with Gasteiger partial charge in [-0.05, 0) is 49.8 Å². The van der Waals surface area contributed by atoms with E-state index in [4.69, 9.17) is 4.74 Å². The largest absolute Gasteiger partial charge is 0.497 e. The van der Waals surface area contributed by atoms with E-state index in [9.17, 15) is 9.59 Å². The summed E-state index contributed by atoms with van der Waals surface area (Å²) in [6, 6.07) is 7.31. The average molecular weight is 331 g/mol. The molecule has 2 aliphatic rings. The Morgan fingerprint density at radius 3 is 3.00 bits per heavy atom. The van der Waals surface area contributed by atoms with Gasteiger partial charge in [0.05, 0.1) is 13.2 Å². The molecular formula is C18H25N3O3. The Hall–Kier alpha value is -2.24. The molecular weight excluding hydrogens is 306 g/mol. The molecule has 6 heteroatoms. The third-order valence-electron chi connectivity index (χ3n) is 4.83. The van der Waals surface area contributed by atoms with E-state index in [1.807, 2.05) is 29.2 Å². The van der Waals surface area contributed by atoms with E-state index < -0.39 is 6.04 Å². The number of hydrogen-bond donors (Lipinski definition) is 2. The van der Waals surface area contributed by atoms with Gasteiger partial charge in [0, 0.05) is 13.1 Å². The number of methoxy groups -OCH3 is 1. The summed E-state index contributed by atoms with van der Waals surface area (Å²) in [6.45, 7) is 1.41. The van der Waals surface area contributed by atoms with Crippen molar-refractivity contribution in [3.05, 3.63) is 29.8 Å². The van der Waals surface area contributed by atoms with Crippen molar-refractivity contribution in [2.24, 2.45) is 0 Å². The fourth-order valence-corrected chi connectivity index (χ4v) is 3.51. The zero-order chi connectivity index (χ0) is 16.9. The predicted octanol–water partition coefficient (Wildman–Crippen LogP) is 2.21. The molecule has 1 aromatic carbocycles. The van der Waals surface area contributed by atoms with Gasteiger partial charge in [-0.1, -0.05) is 12.1 Å². The monoisotopic (exact) mass is 331 g/mol. The number of nitrogens with zero attached hydrogens (tertiary/aromatic N) is 1. The lowest BCUT2D eigenvalue weighted by atomic mass is 10.0. The minimum atomic E-state index is -0.424. The van der Waals surface area contributed by atoms with Crippen molar-refractivity contribution >= 4 is 11.9 Å². The van der Waals surface area contributed by atoms with Crippen LogP contribution in [0.15, 0.2) is 24.3 Å². The highest BCUT2D eigenvalue weighted by molar-refractivity contribution is 5.87. The number of nitrogens with one attached hydrogen (secondary N) is 2. The second kappa shape index (κ2) is 7.55. The highest BCUT2D eigenvalue weighted by Crippen LogP contribution is 2.33. The Balaban J connectivity index is 1.70. The van der Waals surface area contributed by atoms with Gasteiger partial charge in [0.2, 0.25) is 5.91 Å². The van der Waals surface area contributed by atoms with Crippen LogP contribution >= 0.6 is 0 Å². The molecule has 2 fully saturated rings. The van der Waals surface area contributed by atoms with Crippen molar-refractivity contribution in [2.75, 3.05) is 20.2 Å². The van der Waals surface area contributed by atoms with Crippen LogP contribution in [-0.4, -0.2) is 43.1 Å². The molecule has 0 spiro atoms. The Morgan fingerprint density at radius 2 is 2.17 bits per heavy atom. The molecule has 1 aromatic rings. The van der Waals surface area contributed by atoms with E-state index in [1.165, 1.54) is 0 Å². The molecule has 0 aromatic heterocycles. The molecule has 3 rings (SSSR count). The lowest BCUT2D eigenvalue weighted by Crippen LogP contribution is -2.50. The quantitative estimate of drug-likeness (QED) is 0.892. The van der Waals surface area contributed by atoms with Crippen molar-refractivity contribution < 1.29 is 14.3 Å². The van der Waals surface area contributed by atoms with Crippen molar-refractivity contribution in [1.82, 2.24) is 15.5 Å². The number of urea groups is 1. The smallest absolute Gasteiger partial charge is 0.318 e. The minimum Gasteiger partial charge on any atom is -0.497 e. The number of amides is 3. The first-order chi connectivity index (χ1) is 11.7. The SMILES string of the molecule is COc1cccc([C@H]2CCCN2C(=O)N[C@H]2CCCCNC2=O)c1. The van der Waals surface area contributed by atoms with Gasteiger partial charge in [0.1, 0.15) is 11.8 Å². The number of benzene rings is 1. The lowest BCUT2D eigenvalue weighted by Gasteiger charge is -2.27. The summed E-state index contributed by atoms with van der Waals surface area (Å²) < 4.78 is 5.29. The maximum atomic E-state index is 12.7. The van der Waals surface area contributed by atoms with E-state index in [1.54, 1.807) is 7.11 Å². The molecule has 24 heavy (non-hydrogen) atoms. The number of ether oxygens (including phenoxy) is 1. The van der Waals surface area contributed by atoms with Gasteiger partial charge in [0.25, 0.3) is 0 Å². The maximum absolute atomic E-state index is 12.7. The van der Waals surface area contributed by atoms with Crippen molar-refractivity contribution in [3.63, 3.8) is 0 Å². The minimum absolute atomic E-state index is 0.0361. The van der Waals surface area contributed by atoms with Crippen LogP contribution in [0.4, 0.5) is 4.79 Å². The van der Waals surface area contributed by atoms with E-state index >= 15 is 0 Å². The highest BCUT2D eigenvalue weighted by atomic mass is 16.5. The van der Waals surface area contributed by atoms with Gasteiger partial charge < -0.3 is 20.3 Å². The predicted molar refractivity (Wildman–Crippen MR) is 90.9 cm³/mol. The zero-order valence-corrected chi connectivity index (χ0v) is 14.1. The average Bonchev–Trinajstić information content (AvgIpc) is 3.01. The molecule has 3 amide bonds.